The average molecular weight is 331 g/mol. The van der Waals surface area contributed by atoms with Gasteiger partial charge in [-0.25, -0.2) is 15.0 Å². The largest absolute Gasteiger partial charge is 0.302 e. The highest BCUT2D eigenvalue weighted by molar-refractivity contribution is 7.09. The maximum absolute atomic E-state index is 4.63. The van der Waals surface area contributed by atoms with Crippen molar-refractivity contribution >= 4 is 11.3 Å². The molecule has 124 valence electrons. The van der Waals surface area contributed by atoms with Crippen molar-refractivity contribution < 1.29 is 0 Å². The lowest BCUT2D eigenvalue weighted by Gasteiger charge is -2.20. The van der Waals surface area contributed by atoms with Crippen LogP contribution in [-0.2, 0) is 13.0 Å². The highest BCUT2D eigenvalue weighted by atomic mass is 32.1. The minimum Gasteiger partial charge on any atom is -0.302 e. The van der Waals surface area contributed by atoms with Gasteiger partial charge < -0.3 is 4.90 Å². The van der Waals surface area contributed by atoms with Gasteiger partial charge in [-0.1, -0.05) is 19.3 Å². The number of likely N-dealkylation sites (N-methyl/N-ethyl adjacent to an activating group) is 1. The molecule has 1 fully saturated rings. The Morgan fingerprint density at radius 1 is 1.13 bits per heavy atom. The predicted octanol–water partition coefficient (Wildman–Crippen LogP) is 3.96. The summed E-state index contributed by atoms with van der Waals surface area (Å²) < 4.78 is 0. The zero-order valence-electron chi connectivity index (χ0n) is 14.2. The van der Waals surface area contributed by atoms with E-state index < -0.39 is 0 Å². The number of aromatic nitrogens is 3. The summed E-state index contributed by atoms with van der Waals surface area (Å²) in [4.78, 5) is 17.3. The molecule has 2 aromatic heterocycles. The molecule has 2 aromatic rings. The summed E-state index contributed by atoms with van der Waals surface area (Å²) >= 11 is 1.75. The Kier molecular flexibility index (Phi) is 5.73. The monoisotopic (exact) mass is 330 g/mol. The zero-order chi connectivity index (χ0) is 16.1. The fraction of sp³-hybridized carbons (Fsp3) is 0.611. The molecular formula is C18H26N4S. The van der Waals surface area contributed by atoms with E-state index in [4.69, 9.17) is 0 Å². The lowest BCUT2D eigenvalue weighted by atomic mass is 9.89. The van der Waals surface area contributed by atoms with Crippen LogP contribution in [0, 0.1) is 6.92 Å². The number of hydrogen-bond acceptors (Lipinski definition) is 5. The molecule has 0 atom stereocenters. The summed E-state index contributed by atoms with van der Waals surface area (Å²) in [5, 5.41) is 0. The van der Waals surface area contributed by atoms with Crippen molar-refractivity contribution in [3.63, 3.8) is 0 Å². The molecule has 0 saturated heterocycles. The van der Waals surface area contributed by atoms with Crippen LogP contribution in [0.25, 0.3) is 0 Å². The van der Waals surface area contributed by atoms with Crippen LogP contribution < -0.4 is 0 Å². The maximum atomic E-state index is 4.63. The molecule has 1 aliphatic rings. The molecule has 0 amide bonds. The van der Waals surface area contributed by atoms with Crippen LogP contribution in [0.15, 0.2) is 17.9 Å². The molecule has 3 rings (SSSR count). The summed E-state index contributed by atoms with van der Waals surface area (Å²) in [6.07, 6.45) is 11.6. The minimum atomic E-state index is 0.588. The molecular weight excluding hydrogens is 304 g/mol. The van der Waals surface area contributed by atoms with Gasteiger partial charge in [-0.2, -0.15) is 0 Å². The van der Waals surface area contributed by atoms with E-state index in [1.807, 2.05) is 17.9 Å². The summed E-state index contributed by atoms with van der Waals surface area (Å²) in [6, 6.07) is 0. The van der Waals surface area contributed by atoms with E-state index in [-0.39, 0.29) is 0 Å². The SMILES string of the molecule is Cc1ncsc1CCN(C)Cc1cnc(C2CCCCC2)nc1. The predicted molar refractivity (Wildman–Crippen MR) is 94.7 cm³/mol. The van der Waals surface area contributed by atoms with Gasteiger partial charge in [0.15, 0.2) is 0 Å². The number of aryl methyl sites for hydroxylation is 1. The van der Waals surface area contributed by atoms with Crippen LogP contribution in [0.2, 0.25) is 0 Å². The Bertz CT molecular complexity index is 602. The average Bonchev–Trinajstić information content (AvgIpc) is 3.00. The molecule has 2 heterocycles. The van der Waals surface area contributed by atoms with Crippen LogP contribution >= 0.6 is 11.3 Å². The third-order valence-electron chi connectivity index (χ3n) is 4.71. The smallest absolute Gasteiger partial charge is 0.131 e. The summed E-state index contributed by atoms with van der Waals surface area (Å²) in [5.41, 5.74) is 4.30. The second-order valence-electron chi connectivity index (χ2n) is 6.63. The molecule has 5 heteroatoms. The lowest BCUT2D eigenvalue weighted by Crippen LogP contribution is -2.21. The van der Waals surface area contributed by atoms with E-state index in [1.54, 1.807) is 11.3 Å². The van der Waals surface area contributed by atoms with Gasteiger partial charge in [-0.05, 0) is 33.2 Å². The third kappa shape index (κ3) is 4.58. The summed E-state index contributed by atoms with van der Waals surface area (Å²) in [7, 11) is 2.16. The summed E-state index contributed by atoms with van der Waals surface area (Å²) in [6.45, 7) is 4.03. The first kappa shape index (κ1) is 16.5. The van der Waals surface area contributed by atoms with Crippen molar-refractivity contribution in [1.82, 2.24) is 19.9 Å². The van der Waals surface area contributed by atoms with Gasteiger partial charge in [0.25, 0.3) is 0 Å². The van der Waals surface area contributed by atoms with Gasteiger partial charge in [-0.15, -0.1) is 11.3 Å². The molecule has 1 saturated carbocycles. The fourth-order valence-corrected chi connectivity index (χ4v) is 4.04. The van der Waals surface area contributed by atoms with E-state index in [1.165, 1.54) is 48.2 Å². The van der Waals surface area contributed by atoms with E-state index in [9.17, 15) is 0 Å². The first-order valence-electron chi connectivity index (χ1n) is 8.60. The van der Waals surface area contributed by atoms with Crippen molar-refractivity contribution in [2.75, 3.05) is 13.6 Å². The van der Waals surface area contributed by atoms with Crippen molar-refractivity contribution in [3.8, 4) is 0 Å². The third-order valence-corrected chi connectivity index (χ3v) is 5.71. The first-order valence-corrected chi connectivity index (χ1v) is 9.48. The van der Waals surface area contributed by atoms with Crippen LogP contribution in [0.1, 0.15) is 60.0 Å². The molecule has 4 nitrogen and oxygen atoms in total. The Morgan fingerprint density at radius 3 is 2.52 bits per heavy atom. The van der Waals surface area contributed by atoms with Crippen molar-refractivity contribution in [2.24, 2.45) is 0 Å². The highest BCUT2D eigenvalue weighted by Crippen LogP contribution is 2.30. The van der Waals surface area contributed by atoms with Crippen LogP contribution in [0.5, 0.6) is 0 Å². The number of thiazole rings is 1. The number of hydrogen-bond donors (Lipinski definition) is 0. The van der Waals surface area contributed by atoms with Crippen molar-refractivity contribution in [2.45, 2.75) is 57.9 Å². The van der Waals surface area contributed by atoms with Gasteiger partial charge in [0.2, 0.25) is 0 Å². The van der Waals surface area contributed by atoms with Crippen LogP contribution in [0.3, 0.4) is 0 Å². The van der Waals surface area contributed by atoms with Gasteiger partial charge >= 0.3 is 0 Å². The second kappa shape index (κ2) is 7.97. The molecule has 0 N–H and O–H groups in total. The topological polar surface area (TPSA) is 41.9 Å². The molecule has 0 aliphatic heterocycles. The van der Waals surface area contributed by atoms with E-state index in [0.717, 1.165) is 25.3 Å². The maximum Gasteiger partial charge on any atom is 0.131 e. The van der Waals surface area contributed by atoms with E-state index >= 15 is 0 Å². The standard InChI is InChI=1S/C18H26N4S/c1-14-17(23-13-21-14)8-9-22(2)12-15-10-19-18(20-11-15)16-6-4-3-5-7-16/h10-11,13,16H,3-9,12H2,1-2H3. The molecule has 23 heavy (non-hydrogen) atoms. The van der Waals surface area contributed by atoms with Gasteiger partial charge in [-0.3, -0.25) is 0 Å². The highest BCUT2D eigenvalue weighted by Gasteiger charge is 2.17. The lowest BCUT2D eigenvalue weighted by molar-refractivity contribution is 0.330. The van der Waals surface area contributed by atoms with Gasteiger partial charge in [0, 0.05) is 41.8 Å². The van der Waals surface area contributed by atoms with E-state index in [0.29, 0.717) is 5.92 Å². The van der Waals surface area contributed by atoms with Gasteiger partial charge in [0.05, 0.1) is 11.2 Å². The quantitative estimate of drug-likeness (QED) is 0.804. The normalized spacial score (nSPS) is 16.1. The first-order chi connectivity index (χ1) is 11.2. The molecule has 0 aromatic carbocycles. The second-order valence-corrected chi connectivity index (χ2v) is 7.57. The van der Waals surface area contributed by atoms with Crippen LogP contribution in [0.4, 0.5) is 0 Å². The van der Waals surface area contributed by atoms with Crippen molar-refractivity contribution in [3.05, 3.63) is 39.9 Å². The molecule has 0 unspecified atom stereocenters. The number of rotatable bonds is 6. The molecule has 0 spiro atoms. The van der Waals surface area contributed by atoms with Crippen molar-refractivity contribution in [1.29, 1.82) is 0 Å². The van der Waals surface area contributed by atoms with Crippen LogP contribution in [-0.4, -0.2) is 33.4 Å². The number of nitrogens with zero attached hydrogens (tertiary/aromatic N) is 4. The zero-order valence-corrected chi connectivity index (χ0v) is 15.0. The fourth-order valence-electron chi connectivity index (χ4n) is 3.27. The molecule has 0 bridgehead atoms. The Labute approximate surface area is 143 Å². The summed E-state index contributed by atoms with van der Waals surface area (Å²) in [5.74, 6) is 1.64. The molecule has 0 radical (unpaired) electrons. The van der Waals surface area contributed by atoms with Gasteiger partial charge in [0.1, 0.15) is 5.82 Å². The van der Waals surface area contributed by atoms with E-state index in [2.05, 4.69) is 33.8 Å². The minimum absolute atomic E-state index is 0.588. The Balaban J connectivity index is 1.50. The Hall–Kier alpha value is -1.33. The Morgan fingerprint density at radius 2 is 1.87 bits per heavy atom. The molecule has 1 aliphatic carbocycles.